The van der Waals surface area contributed by atoms with Gasteiger partial charge in [0.2, 0.25) is 16.6 Å². The van der Waals surface area contributed by atoms with Crippen molar-refractivity contribution in [3.63, 3.8) is 0 Å². The molecule has 2 heterocycles. The predicted molar refractivity (Wildman–Crippen MR) is 67.4 cm³/mol. The summed E-state index contributed by atoms with van der Waals surface area (Å²) in [5.41, 5.74) is 0. The molecule has 2 rings (SSSR count). The van der Waals surface area contributed by atoms with Gasteiger partial charge in [0.1, 0.15) is 0 Å². The summed E-state index contributed by atoms with van der Waals surface area (Å²) >= 11 is 6.09. The number of thioether (sulfide) groups is 1. The average molecular weight is 272 g/mol. The van der Waals surface area contributed by atoms with Crippen LogP contribution in [0.5, 0.6) is 0 Å². The lowest BCUT2D eigenvalue weighted by Crippen LogP contribution is -2.26. The second kappa shape index (κ2) is 5.01. The minimum atomic E-state index is 0.0110. The Bertz CT molecular complexity index is 495. The normalized spacial score (nSPS) is 19.9. The van der Waals surface area contributed by atoms with Gasteiger partial charge < -0.3 is 0 Å². The van der Waals surface area contributed by atoms with Gasteiger partial charge in [-0.15, -0.1) is 0 Å². The minimum Gasteiger partial charge on any atom is -0.288 e. The van der Waals surface area contributed by atoms with E-state index in [1.165, 1.54) is 18.7 Å². The molecule has 17 heavy (non-hydrogen) atoms. The van der Waals surface area contributed by atoms with Crippen molar-refractivity contribution in [2.75, 3.05) is 17.2 Å². The second-order valence-electron chi connectivity index (χ2n) is 3.87. The Balaban J connectivity index is 2.00. The number of hydrogen-bond acceptors (Lipinski definition) is 5. The summed E-state index contributed by atoms with van der Waals surface area (Å²) in [6, 6.07) is 0. The van der Waals surface area contributed by atoms with E-state index < -0.39 is 0 Å². The van der Waals surface area contributed by atoms with E-state index >= 15 is 0 Å². The molecular formula is C9H12N4O2S2. The van der Waals surface area contributed by atoms with Gasteiger partial charge in [-0.25, -0.2) is 0 Å². The third-order valence-electron chi connectivity index (χ3n) is 2.47. The molecule has 6 nitrogen and oxygen atoms in total. The van der Waals surface area contributed by atoms with Gasteiger partial charge in [0, 0.05) is 25.6 Å². The molecule has 2 N–H and O–H groups in total. The van der Waals surface area contributed by atoms with Gasteiger partial charge in [0.05, 0.1) is 0 Å². The monoisotopic (exact) mass is 272 g/mol. The van der Waals surface area contributed by atoms with Crippen LogP contribution in [0.2, 0.25) is 0 Å². The van der Waals surface area contributed by atoms with Crippen LogP contribution < -0.4 is 4.90 Å². The number of rotatable bonds is 3. The van der Waals surface area contributed by atoms with Crippen molar-refractivity contribution in [2.45, 2.75) is 13.3 Å². The molecule has 0 aromatic carbocycles. The highest BCUT2D eigenvalue weighted by Crippen LogP contribution is 2.24. The van der Waals surface area contributed by atoms with Gasteiger partial charge in [0.25, 0.3) is 0 Å². The van der Waals surface area contributed by atoms with Crippen LogP contribution in [-0.4, -0.2) is 38.5 Å². The van der Waals surface area contributed by atoms with Crippen LogP contribution in [0.4, 0.5) is 5.95 Å². The lowest BCUT2D eigenvalue weighted by molar-refractivity contribution is -0.117. The number of hydrogen-bond donors (Lipinski definition) is 2. The lowest BCUT2D eigenvalue weighted by atomic mass is 10.1. The van der Waals surface area contributed by atoms with Crippen LogP contribution >= 0.6 is 24.0 Å². The SMILES string of the molecule is CC(=O)SCC1CC(=O)N(c2nc(=S)[nH][nH]2)C1. The van der Waals surface area contributed by atoms with Crippen LogP contribution in [0, 0.1) is 10.7 Å². The second-order valence-corrected chi connectivity index (χ2v) is 5.45. The van der Waals surface area contributed by atoms with E-state index in [1.54, 1.807) is 4.90 Å². The largest absolute Gasteiger partial charge is 0.288 e. The maximum atomic E-state index is 11.8. The van der Waals surface area contributed by atoms with Crippen molar-refractivity contribution < 1.29 is 9.59 Å². The molecule has 0 saturated carbocycles. The number of amides is 1. The number of H-pyrrole nitrogens is 2. The molecule has 1 aliphatic rings. The molecule has 1 aromatic heterocycles. The summed E-state index contributed by atoms with van der Waals surface area (Å²) in [5.74, 6) is 1.32. The molecule has 0 radical (unpaired) electrons. The molecule has 1 saturated heterocycles. The van der Waals surface area contributed by atoms with E-state index in [0.29, 0.717) is 29.4 Å². The Kier molecular flexibility index (Phi) is 3.63. The third-order valence-corrected chi connectivity index (χ3v) is 3.71. The topological polar surface area (TPSA) is 81.8 Å². The number of nitrogens with zero attached hydrogens (tertiary/aromatic N) is 2. The first-order chi connectivity index (χ1) is 8.06. The molecule has 0 aliphatic carbocycles. The van der Waals surface area contributed by atoms with Crippen LogP contribution in [0.1, 0.15) is 13.3 Å². The molecule has 1 fully saturated rings. The van der Waals surface area contributed by atoms with Crippen molar-refractivity contribution in [1.82, 2.24) is 15.2 Å². The van der Waals surface area contributed by atoms with Crippen LogP contribution in [0.3, 0.4) is 0 Å². The van der Waals surface area contributed by atoms with Crippen molar-refractivity contribution in [3.8, 4) is 0 Å². The van der Waals surface area contributed by atoms with Crippen LogP contribution in [-0.2, 0) is 9.59 Å². The first-order valence-corrected chi connectivity index (χ1v) is 6.54. The summed E-state index contributed by atoms with van der Waals surface area (Å²) in [4.78, 5) is 28.2. The molecular weight excluding hydrogens is 260 g/mol. The summed E-state index contributed by atoms with van der Waals surface area (Å²) in [6.45, 7) is 2.11. The van der Waals surface area contributed by atoms with Gasteiger partial charge in [-0.05, 0) is 18.1 Å². The smallest absolute Gasteiger partial charge is 0.229 e. The highest BCUT2D eigenvalue weighted by molar-refractivity contribution is 8.13. The maximum absolute atomic E-state index is 11.8. The number of anilines is 1. The Morgan fingerprint density at radius 3 is 3.00 bits per heavy atom. The Hall–Kier alpha value is -1.15. The third kappa shape index (κ3) is 2.95. The minimum absolute atomic E-state index is 0.0110. The van der Waals surface area contributed by atoms with Crippen LogP contribution in [0.15, 0.2) is 0 Å². The summed E-state index contributed by atoms with van der Waals surface area (Å²) in [5, 5.41) is 5.49. The zero-order valence-corrected chi connectivity index (χ0v) is 10.9. The number of nitrogens with one attached hydrogen (secondary N) is 2. The molecule has 1 amide bonds. The summed E-state index contributed by atoms with van der Waals surface area (Å²) in [6.07, 6.45) is 0.452. The predicted octanol–water partition coefficient (Wildman–Crippen LogP) is 1.10. The van der Waals surface area contributed by atoms with Crippen molar-refractivity contribution in [2.24, 2.45) is 5.92 Å². The molecule has 8 heteroatoms. The van der Waals surface area contributed by atoms with E-state index in [9.17, 15) is 9.59 Å². The molecule has 92 valence electrons. The number of aromatic amines is 2. The Morgan fingerprint density at radius 1 is 1.65 bits per heavy atom. The molecule has 0 spiro atoms. The standard InChI is InChI=1S/C9H12N4O2S2/c1-5(14)17-4-6-2-7(15)13(3-6)8-10-9(16)12-11-8/h6H,2-4H2,1H3,(H2,10,11,12,16). The quantitative estimate of drug-likeness (QED) is 0.805. The lowest BCUT2D eigenvalue weighted by Gasteiger charge is -2.11. The highest BCUT2D eigenvalue weighted by Gasteiger charge is 2.32. The molecule has 0 bridgehead atoms. The number of carbonyl (C=O) groups is 2. The Labute approximate surface area is 107 Å². The van der Waals surface area contributed by atoms with E-state index in [2.05, 4.69) is 15.2 Å². The summed E-state index contributed by atoms with van der Waals surface area (Å²) < 4.78 is 0.328. The zero-order valence-electron chi connectivity index (χ0n) is 9.23. The van der Waals surface area contributed by atoms with E-state index in [-0.39, 0.29) is 16.9 Å². The fourth-order valence-corrected chi connectivity index (χ4v) is 2.55. The van der Waals surface area contributed by atoms with E-state index in [0.717, 1.165) is 0 Å². The summed E-state index contributed by atoms with van der Waals surface area (Å²) in [7, 11) is 0. The molecule has 1 aromatic rings. The first kappa shape index (κ1) is 12.3. The van der Waals surface area contributed by atoms with Gasteiger partial charge in [0.15, 0.2) is 5.12 Å². The molecule has 1 atom stereocenters. The van der Waals surface area contributed by atoms with Crippen molar-refractivity contribution in [3.05, 3.63) is 4.77 Å². The van der Waals surface area contributed by atoms with E-state index in [1.807, 2.05) is 0 Å². The number of carbonyl (C=O) groups excluding carboxylic acids is 2. The number of aromatic nitrogens is 3. The van der Waals surface area contributed by atoms with Crippen molar-refractivity contribution >= 4 is 41.0 Å². The van der Waals surface area contributed by atoms with Crippen LogP contribution in [0.25, 0.3) is 0 Å². The van der Waals surface area contributed by atoms with Gasteiger partial charge >= 0.3 is 0 Å². The van der Waals surface area contributed by atoms with E-state index in [4.69, 9.17) is 12.2 Å². The zero-order chi connectivity index (χ0) is 12.4. The highest BCUT2D eigenvalue weighted by atomic mass is 32.2. The molecule has 1 aliphatic heterocycles. The molecule has 1 unspecified atom stereocenters. The Morgan fingerprint density at radius 2 is 2.41 bits per heavy atom. The fraction of sp³-hybridized carbons (Fsp3) is 0.556. The van der Waals surface area contributed by atoms with Gasteiger partial charge in [-0.1, -0.05) is 11.8 Å². The first-order valence-electron chi connectivity index (χ1n) is 5.14. The van der Waals surface area contributed by atoms with Gasteiger partial charge in [-0.3, -0.25) is 24.7 Å². The van der Waals surface area contributed by atoms with Gasteiger partial charge in [-0.2, -0.15) is 4.98 Å². The average Bonchev–Trinajstić information content (AvgIpc) is 2.82. The fourth-order valence-electron chi connectivity index (χ4n) is 1.72. The maximum Gasteiger partial charge on any atom is 0.229 e. The van der Waals surface area contributed by atoms with Crippen molar-refractivity contribution in [1.29, 1.82) is 0 Å².